The van der Waals surface area contributed by atoms with Gasteiger partial charge in [0.05, 0.1) is 12.7 Å². The van der Waals surface area contributed by atoms with Crippen molar-refractivity contribution in [2.45, 2.75) is 20.4 Å². The third-order valence-corrected chi connectivity index (χ3v) is 4.46. The number of anilines is 1. The molecule has 0 saturated carbocycles. The molecule has 2 aromatic carbocycles. The standard InChI is InChI=1S/C21H19N3O2/c1-14-7-9-16(10-8-14)13-24-19(11-12-22-24)23-21(25)20-15(2)17-5-3-4-6-18(17)26-20/h3-12H,13H2,1-2H3,(H,23,25). The maximum absolute atomic E-state index is 12.7. The number of para-hydroxylation sites is 1. The van der Waals surface area contributed by atoms with E-state index in [1.54, 1.807) is 16.9 Å². The molecule has 0 aliphatic rings. The Balaban J connectivity index is 1.57. The van der Waals surface area contributed by atoms with E-state index in [1.807, 2.05) is 31.2 Å². The molecule has 4 rings (SSSR count). The van der Waals surface area contributed by atoms with E-state index in [2.05, 4.69) is 41.6 Å². The SMILES string of the molecule is Cc1ccc(Cn2nccc2NC(=O)c2oc3ccccc3c2C)cc1. The van der Waals surface area contributed by atoms with E-state index >= 15 is 0 Å². The van der Waals surface area contributed by atoms with Gasteiger partial charge in [0.25, 0.3) is 5.91 Å². The molecule has 0 fully saturated rings. The zero-order valence-electron chi connectivity index (χ0n) is 14.7. The van der Waals surface area contributed by atoms with Crippen LogP contribution in [0.1, 0.15) is 27.2 Å². The molecule has 4 aromatic rings. The third kappa shape index (κ3) is 2.99. The monoisotopic (exact) mass is 345 g/mol. The van der Waals surface area contributed by atoms with E-state index in [0.717, 1.165) is 16.5 Å². The molecule has 1 amide bonds. The van der Waals surface area contributed by atoms with Gasteiger partial charge < -0.3 is 9.73 Å². The number of aryl methyl sites for hydroxylation is 2. The quantitative estimate of drug-likeness (QED) is 0.590. The Bertz CT molecular complexity index is 1070. The van der Waals surface area contributed by atoms with Crippen molar-refractivity contribution in [3.63, 3.8) is 0 Å². The van der Waals surface area contributed by atoms with Crippen LogP contribution in [0.2, 0.25) is 0 Å². The summed E-state index contributed by atoms with van der Waals surface area (Å²) in [5, 5.41) is 8.17. The van der Waals surface area contributed by atoms with Crippen molar-refractivity contribution < 1.29 is 9.21 Å². The van der Waals surface area contributed by atoms with Crippen LogP contribution in [0, 0.1) is 13.8 Å². The average Bonchev–Trinajstić information content (AvgIpc) is 3.22. The summed E-state index contributed by atoms with van der Waals surface area (Å²) in [4.78, 5) is 12.7. The van der Waals surface area contributed by atoms with Crippen LogP contribution in [0.15, 0.2) is 65.2 Å². The first-order valence-corrected chi connectivity index (χ1v) is 8.48. The molecule has 0 aliphatic heterocycles. The summed E-state index contributed by atoms with van der Waals surface area (Å²) in [6, 6.07) is 17.7. The summed E-state index contributed by atoms with van der Waals surface area (Å²) in [5.74, 6) is 0.689. The van der Waals surface area contributed by atoms with Crippen LogP contribution in [-0.2, 0) is 6.54 Å². The van der Waals surface area contributed by atoms with E-state index in [0.29, 0.717) is 23.7 Å². The topological polar surface area (TPSA) is 60.1 Å². The van der Waals surface area contributed by atoms with Crippen LogP contribution >= 0.6 is 0 Å². The molecule has 26 heavy (non-hydrogen) atoms. The number of fused-ring (bicyclic) bond motifs is 1. The van der Waals surface area contributed by atoms with Gasteiger partial charge in [-0.05, 0) is 25.5 Å². The normalized spacial score (nSPS) is 11.0. The summed E-state index contributed by atoms with van der Waals surface area (Å²) >= 11 is 0. The van der Waals surface area contributed by atoms with E-state index < -0.39 is 0 Å². The van der Waals surface area contributed by atoms with Crippen LogP contribution < -0.4 is 5.32 Å². The molecule has 0 saturated heterocycles. The van der Waals surface area contributed by atoms with Crippen LogP contribution in [0.5, 0.6) is 0 Å². The molecule has 0 bridgehead atoms. The van der Waals surface area contributed by atoms with E-state index in [1.165, 1.54) is 5.56 Å². The summed E-state index contributed by atoms with van der Waals surface area (Å²) in [7, 11) is 0. The highest BCUT2D eigenvalue weighted by molar-refractivity contribution is 6.06. The van der Waals surface area contributed by atoms with Gasteiger partial charge in [0.2, 0.25) is 0 Å². The van der Waals surface area contributed by atoms with Crippen molar-refractivity contribution in [1.82, 2.24) is 9.78 Å². The molecule has 0 atom stereocenters. The van der Waals surface area contributed by atoms with Gasteiger partial charge in [-0.15, -0.1) is 0 Å². The Morgan fingerprint density at radius 2 is 1.85 bits per heavy atom. The highest BCUT2D eigenvalue weighted by atomic mass is 16.3. The van der Waals surface area contributed by atoms with Gasteiger partial charge in [-0.1, -0.05) is 48.0 Å². The summed E-state index contributed by atoms with van der Waals surface area (Å²) < 4.78 is 7.50. The first kappa shape index (κ1) is 16.1. The minimum absolute atomic E-state index is 0.274. The highest BCUT2D eigenvalue weighted by Gasteiger charge is 2.18. The van der Waals surface area contributed by atoms with E-state index in [-0.39, 0.29) is 5.91 Å². The third-order valence-electron chi connectivity index (χ3n) is 4.46. The minimum Gasteiger partial charge on any atom is -0.451 e. The number of aromatic nitrogens is 2. The second kappa shape index (κ2) is 6.52. The molecule has 2 heterocycles. The molecule has 130 valence electrons. The van der Waals surface area contributed by atoms with Crippen molar-refractivity contribution in [1.29, 1.82) is 0 Å². The van der Waals surface area contributed by atoms with Gasteiger partial charge in [-0.3, -0.25) is 4.79 Å². The Hall–Kier alpha value is -3.34. The second-order valence-corrected chi connectivity index (χ2v) is 6.37. The van der Waals surface area contributed by atoms with Crippen molar-refractivity contribution in [3.8, 4) is 0 Å². The van der Waals surface area contributed by atoms with E-state index in [4.69, 9.17) is 4.42 Å². The first-order valence-electron chi connectivity index (χ1n) is 8.48. The summed E-state index contributed by atoms with van der Waals surface area (Å²) in [5.41, 5.74) is 3.88. The fourth-order valence-electron chi connectivity index (χ4n) is 3.00. The molecule has 1 N–H and O–H groups in total. The number of nitrogens with one attached hydrogen (secondary N) is 1. The molecule has 2 aromatic heterocycles. The number of benzene rings is 2. The Kier molecular flexibility index (Phi) is 4.05. The van der Waals surface area contributed by atoms with Crippen LogP contribution in [0.3, 0.4) is 0 Å². The number of amides is 1. The van der Waals surface area contributed by atoms with Gasteiger partial charge in [-0.25, -0.2) is 4.68 Å². The lowest BCUT2D eigenvalue weighted by atomic mass is 10.1. The maximum atomic E-state index is 12.7. The second-order valence-electron chi connectivity index (χ2n) is 6.37. The van der Waals surface area contributed by atoms with Crippen LogP contribution in [0.25, 0.3) is 11.0 Å². The molecule has 0 unspecified atom stereocenters. The lowest BCUT2D eigenvalue weighted by Crippen LogP contribution is -2.16. The molecular weight excluding hydrogens is 326 g/mol. The molecule has 0 aliphatic carbocycles. The molecular formula is C21H19N3O2. The van der Waals surface area contributed by atoms with E-state index in [9.17, 15) is 4.79 Å². The van der Waals surface area contributed by atoms with Crippen LogP contribution in [-0.4, -0.2) is 15.7 Å². The molecule has 5 heteroatoms. The number of furan rings is 1. The zero-order valence-corrected chi connectivity index (χ0v) is 14.7. The summed E-state index contributed by atoms with van der Waals surface area (Å²) in [6.07, 6.45) is 1.68. The number of carbonyl (C=O) groups is 1. The Labute approximate surface area is 151 Å². The predicted molar refractivity (Wildman–Crippen MR) is 101 cm³/mol. The number of hydrogen-bond acceptors (Lipinski definition) is 3. The van der Waals surface area contributed by atoms with Crippen molar-refractivity contribution in [3.05, 3.63) is 83.2 Å². The lowest BCUT2D eigenvalue weighted by Gasteiger charge is -2.09. The largest absolute Gasteiger partial charge is 0.451 e. The van der Waals surface area contributed by atoms with Gasteiger partial charge in [0.15, 0.2) is 5.76 Å². The smallest absolute Gasteiger partial charge is 0.292 e. The highest BCUT2D eigenvalue weighted by Crippen LogP contribution is 2.25. The van der Waals surface area contributed by atoms with Gasteiger partial charge in [0, 0.05) is 17.0 Å². The molecule has 0 spiro atoms. The summed E-state index contributed by atoms with van der Waals surface area (Å²) in [6.45, 7) is 4.53. The maximum Gasteiger partial charge on any atom is 0.292 e. The average molecular weight is 345 g/mol. The van der Waals surface area contributed by atoms with Crippen LogP contribution in [0.4, 0.5) is 5.82 Å². The zero-order chi connectivity index (χ0) is 18.1. The Morgan fingerprint density at radius 3 is 2.62 bits per heavy atom. The Morgan fingerprint density at radius 1 is 1.08 bits per heavy atom. The molecule has 5 nitrogen and oxygen atoms in total. The number of rotatable bonds is 4. The van der Waals surface area contributed by atoms with Gasteiger partial charge >= 0.3 is 0 Å². The lowest BCUT2D eigenvalue weighted by molar-refractivity contribution is 0.0997. The van der Waals surface area contributed by atoms with Crippen molar-refractivity contribution in [2.24, 2.45) is 0 Å². The van der Waals surface area contributed by atoms with Crippen molar-refractivity contribution in [2.75, 3.05) is 5.32 Å². The first-order chi connectivity index (χ1) is 12.6. The van der Waals surface area contributed by atoms with Gasteiger partial charge in [0.1, 0.15) is 11.4 Å². The fourth-order valence-corrected chi connectivity index (χ4v) is 3.00. The fraction of sp³-hybridized carbons (Fsp3) is 0.143. The van der Waals surface area contributed by atoms with Crippen molar-refractivity contribution >= 4 is 22.7 Å². The number of carbonyl (C=O) groups excluding carboxylic acids is 1. The van der Waals surface area contributed by atoms with Gasteiger partial charge in [-0.2, -0.15) is 5.10 Å². The number of nitrogens with zero attached hydrogens (tertiary/aromatic N) is 2. The number of hydrogen-bond donors (Lipinski definition) is 1. The predicted octanol–water partition coefficient (Wildman–Crippen LogP) is 4.55. The molecule has 0 radical (unpaired) electrons. The minimum atomic E-state index is -0.274.